The van der Waals surface area contributed by atoms with E-state index in [2.05, 4.69) is 15.8 Å². The molecule has 0 aliphatic rings. The highest BCUT2D eigenvalue weighted by atomic mass is 16.5. The smallest absolute Gasteiger partial charge is 0.240 e. The summed E-state index contributed by atoms with van der Waals surface area (Å²) >= 11 is 0. The van der Waals surface area contributed by atoms with Crippen molar-refractivity contribution in [3.05, 3.63) is 66.2 Å². The number of hydrogen-bond acceptors (Lipinski definition) is 5. The van der Waals surface area contributed by atoms with Crippen LogP contribution in [-0.4, -0.2) is 30.2 Å². The van der Waals surface area contributed by atoms with E-state index in [4.69, 9.17) is 4.74 Å². The van der Waals surface area contributed by atoms with Crippen molar-refractivity contribution >= 4 is 34.5 Å². The van der Waals surface area contributed by atoms with Gasteiger partial charge in [-0.15, -0.1) is 0 Å². The maximum absolute atomic E-state index is 12.1. The average Bonchev–Trinajstić information content (AvgIpc) is 2.74. The van der Waals surface area contributed by atoms with Gasteiger partial charge in [-0.3, -0.25) is 9.59 Å². The van der Waals surface area contributed by atoms with Crippen LogP contribution in [0.15, 0.2) is 65.8 Å². The predicted octanol–water partition coefficient (Wildman–Crippen LogP) is 3.42. The largest absolute Gasteiger partial charge is 0.507 e. The number of benzene rings is 3. The minimum atomic E-state index is -0.406. The Hall–Kier alpha value is -3.87. The van der Waals surface area contributed by atoms with E-state index in [1.54, 1.807) is 36.4 Å². The summed E-state index contributed by atoms with van der Waals surface area (Å²) in [4.78, 5) is 24.0. The number of phenols is 1. The normalized spacial score (nSPS) is 10.8. The lowest BCUT2D eigenvalue weighted by Crippen LogP contribution is -2.20. The number of ether oxygens (including phenoxy) is 1. The molecule has 3 aromatic rings. The Morgan fingerprint density at radius 1 is 1.00 bits per heavy atom. The molecule has 0 aliphatic heterocycles. The molecule has 7 nitrogen and oxygen atoms in total. The van der Waals surface area contributed by atoms with Gasteiger partial charge < -0.3 is 15.2 Å². The predicted molar refractivity (Wildman–Crippen MR) is 112 cm³/mol. The van der Waals surface area contributed by atoms with Crippen molar-refractivity contribution in [2.75, 3.05) is 12.4 Å². The molecule has 0 unspecified atom stereocenters. The molecule has 29 heavy (non-hydrogen) atoms. The monoisotopic (exact) mass is 391 g/mol. The molecule has 0 saturated carbocycles. The number of nitrogens with one attached hydrogen (secondary N) is 2. The van der Waals surface area contributed by atoms with E-state index in [0.717, 1.165) is 10.8 Å². The number of aromatic hydroxyl groups is 1. The lowest BCUT2D eigenvalue weighted by molar-refractivity contribution is -0.124. The van der Waals surface area contributed by atoms with Crippen LogP contribution in [0.25, 0.3) is 10.8 Å². The number of carbonyl (C=O) groups excluding carboxylic acids is 2. The number of nitrogens with zero attached hydrogens (tertiary/aromatic N) is 1. The van der Waals surface area contributed by atoms with E-state index in [0.29, 0.717) is 17.0 Å². The SMILES string of the molecule is COc1ccccc1NC(=O)CCC(=O)NN=Cc1c(O)ccc2ccccc12. The fraction of sp³-hybridized carbons (Fsp3) is 0.136. The van der Waals surface area contributed by atoms with Gasteiger partial charge in [0.2, 0.25) is 11.8 Å². The first kappa shape index (κ1) is 19.9. The number of methoxy groups -OCH3 is 1. The second-order valence-electron chi connectivity index (χ2n) is 6.26. The van der Waals surface area contributed by atoms with Crippen LogP contribution in [0.4, 0.5) is 5.69 Å². The molecule has 148 valence electrons. The lowest BCUT2D eigenvalue weighted by Gasteiger charge is -2.09. The number of rotatable bonds is 7. The standard InChI is InChI=1S/C22H21N3O4/c1-29-20-9-5-4-8-18(20)24-21(27)12-13-22(28)25-23-14-17-16-7-3-2-6-15(16)10-11-19(17)26/h2-11,14,26H,12-13H2,1H3,(H,24,27)(H,25,28). The summed E-state index contributed by atoms with van der Waals surface area (Å²) in [5.74, 6) is -0.0980. The number of amides is 2. The van der Waals surface area contributed by atoms with Gasteiger partial charge in [0.1, 0.15) is 11.5 Å². The highest BCUT2D eigenvalue weighted by molar-refractivity contribution is 6.02. The Morgan fingerprint density at radius 2 is 1.72 bits per heavy atom. The van der Waals surface area contributed by atoms with Gasteiger partial charge in [0.25, 0.3) is 0 Å². The maximum Gasteiger partial charge on any atom is 0.240 e. The topological polar surface area (TPSA) is 100 Å². The summed E-state index contributed by atoms with van der Waals surface area (Å²) in [6.07, 6.45) is 1.36. The molecule has 0 atom stereocenters. The van der Waals surface area contributed by atoms with Gasteiger partial charge in [-0.2, -0.15) is 5.10 Å². The molecule has 0 aromatic heterocycles. The van der Waals surface area contributed by atoms with Crippen LogP contribution >= 0.6 is 0 Å². The Labute approximate surface area is 168 Å². The van der Waals surface area contributed by atoms with Crippen molar-refractivity contribution in [2.24, 2.45) is 5.10 Å². The highest BCUT2D eigenvalue weighted by Gasteiger charge is 2.10. The van der Waals surface area contributed by atoms with Crippen LogP contribution in [0.2, 0.25) is 0 Å². The van der Waals surface area contributed by atoms with Gasteiger partial charge in [0.15, 0.2) is 0 Å². The molecule has 0 bridgehead atoms. The van der Waals surface area contributed by atoms with Crippen molar-refractivity contribution < 1.29 is 19.4 Å². The summed E-state index contributed by atoms with van der Waals surface area (Å²) in [5.41, 5.74) is 3.44. The van der Waals surface area contributed by atoms with Crippen LogP contribution in [-0.2, 0) is 9.59 Å². The number of para-hydroxylation sites is 2. The van der Waals surface area contributed by atoms with Crippen molar-refractivity contribution in [1.29, 1.82) is 0 Å². The van der Waals surface area contributed by atoms with Crippen molar-refractivity contribution in [3.63, 3.8) is 0 Å². The van der Waals surface area contributed by atoms with E-state index >= 15 is 0 Å². The minimum absolute atomic E-state index is 0.00107. The molecule has 0 heterocycles. The van der Waals surface area contributed by atoms with Crippen LogP contribution in [0.1, 0.15) is 18.4 Å². The zero-order valence-corrected chi connectivity index (χ0v) is 15.9. The van der Waals surface area contributed by atoms with E-state index in [1.807, 2.05) is 24.3 Å². The molecule has 0 saturated heterocycles. The fourth-order valence-corrected chi connectivity index (χ4v) is 2.83. The third kappa shape index (κ3) is 5.10. The molecule has 3 N–H and O–H groups in total. The Bertz CT molecular complexity index is 1060. The number of anilines is 1. The van der Waals surface area contributed by atoms with Crippen LogP contribution in [0.3, 0.4) is 0 Å². The third-order valence-electron chi connectivity index (χ3n) is 4.29. The molecular formula is C22H21N3O4. The summed E-state index contributed by atoms with van der Waals surface area (Å²) in [6.45, 7) is 0. The third-order valence-corrected chi connectivity index (χ3v) is 4.29. The summed E-state index contributed by atoms with van der Waals surface area (Å²) in [6, 6.07) is 18.0. The Balaban J connectivity index is 1.54. The first-order valence-electron chi connectivity index (χ1n) is 9.04. The average molecular weight is 391 g/mol. The minimum Gasteiger partial charge on any atom is -0.507 e. The molecule has 3 rings (SSSR count). The van der Waals surface area contributed by atoms with Gasteiger partial charge in [-0.05, 0) is 29.0 Å². The molecule has 0 radical (unpaired) electrons. The summed E-state index contributed by atoms with van der Waals surface area (Å²) in [5, 5.41) is 18.5. The summed E-state index contributed by atoms with van der Waals surface area (Å²) in [7, 11) is 1.52. The second kappa shape index (κ2) is 9.36. The number of hydrazone groups is 1. The van der Waals surface area contributed by atoms with Crippen LogP contribution in [0.5, 0.6) is 11.5 Å². The Morgan fingerprint density at radius 3 is 2.55 bits per heavy atom. The van der Waals surface area contributed by atoms with E-state index in [9.17, 15) is 14.7 Å². The molecule has 3 aromatic carbocycles. The van der Waals surface area contributed by atoms with Gasteiger partial charge in [-0.1, -0.05) is 42.5 Å². The number of fused-ring (bicyclic) bond motifs is 1. The number of hydrogen-bond donors (Lipinski definition) is 3. The van der Waals surface area contributed by atoms with Crippen molar-refractivity contribution in [1.82, 2.24) is 5.43 Å². The molecule has 0 aliphatic carbocycles. The van der Waals surface area contributed by atoms with Crippen LogP contribution < -0.4 is 15.5 Å². The Kier molecular flexibility index (Phi) is 6.42. The zero-order valence-electron chi connectivity index (χ0n) is 15.9. The first-order valence-corrected chi connectivity index (χ1v) is 9.04. The van der Waals surface area contributed by atoms with Crippen molar-refractivity contribution in [3.8, 4) is 11.5 Å². The lowest BCUT2D eigenvalue weighted by atomic mass is 10.0. The zero-order chi connectivity index (χ0) is 20.6. The maximum atomic E-state index is 12.1. The van der Waals surface area contributed by atoms with E-state index in [-0.39, 0.29) is 24.5 Å². The fourth-order valence-electron chi connectivity index (χ4n) is 2.83. The molecule has 2 amide bonds. The highest BCUT2D eigenvalue weighted by Crippen LogP contribution is 2.25. The molecular weight excluding hydrogens is 370 g/mol. The first-order chi connectivity index (χ1) is 14.1. The van der Waals surface area contributed by atoms with E-state index in [1.165, 1.54) is 13.3 Å². The quantitative estimate of drug-likeness (QED) is 0.424. The van der Waals surface area contributed by atoms with Gasteiger partial charge >= 0.3 is 0 Å². The molecule has 7 heteroatoms. The van der Waals surface area contributed by atoms with Gasteiger partial charge in [-0.25, -0.2) is 5.43 Å². The molecule has 0 fully saturated rings. The number of carbonyl (C=O) groups is 2. The second-order valence-corrected chi connectivity index (χ2v) is 6.26. The molecule has 0 spiro atoms. The summed E-state index contributed by atoms with van der Waals surface area (Å²) < 4.78 is 5.17. The van der Waals surface area contributed by atoms with Crippen LogP contribution in [0, 0.1) is 0 Å². The van der Waals surface area contributed by atoms with Crippen molar-refractivity contribution in [2.45, 2.75) is 12.8 Å². The van der Waals surface area contributed by atoms with Gasteiger partial charge in [0, 0.05) is 18.4 Å². The van der Waals surface area contributed by atoms with E-state index < -0.39 is 5.91 Å². The van der Waals surface area contributed by atoms with Gasteiger partial charge in [0.05, 0.1) is 19.0 Å². The number of phenolic OH excluding ortho intramolecular Hbond substituents is 1.